The molecule has 1 aliphatic heterocycles. The quantitative estimate of drug-likeness (QED) is 0.242. The molecule has 12 nitrogen and oxygen atoms in total. The minimum atomic E-state index is -1.73. The van der Waals surface area contributed by atoms with Crippen LogP contribution >= 0.6 is 0 Å². The molecule has 1 fully saturated rings. The summed E-state index contributed by atoms with van der Waals surface area (Å²) in [6.45, 7) is 5.72. The smallest absolute Gasteiger partial charge is 0.408 e. The number of amides is 5. The first-order valence-corrected chi connectivity index (χ1v) is 14.7. The summed E-state index contributed by atoms with van der Waals surface area (Å²) in [6.07, 6.45) is -1.35. The van der Waals surface area contributed by atoms with E-state index < -0.39 is 60.0 Å². The molecular formula is C32H43N5O7. The average molecular weight is 610 g/mol. The molecule has 0 spiro atoms. The number of likely N-dealkylation sites (tertiary alicyclic amines) is 1. The van der Waals surface area contributed by atoms with E-state index in [9.17, 15) is 29.1 Å². The van der Waals surface area contributed by atoms with Gasteiger partial charge in [-0.1, -0.05) is 60.7 Å². The number of carbonyl (C=O) groups excluding carboxylic acids is 5. The Hall–Kier alpha value is -4.45. The van der Waals surface area contributed by atoms with Crippen LogP contribution in [0.15, 0.2) is 60.7 Å². The molecule has 3 rings (SSSR count). The minimum absolute atomic E-state index is 0.0495. The first kappa shape index (κ1) is 34.0. The second-order valence-electron chi connectivity index (χ2n) is 12.0. The van der Waals surface area contributed by atoms with E-state index in [0.29, 0.717) is 18.4 Å². The van der Waals surface area contributed by atoms with Crippen molar-refractivity contribution >= 4 is 29.7 Å². The molecule has 1 unspecified atom stereocenters. The Morgan fingerprint density at radius 3 is 2.16 bits per heavy atom. The number of carbonyl (C=O) groups is 5. The summed E-state index contributed by atoms with van der Waals surface area (Å²) in [6, 6.07) is 14.4. The number of rotatable bonds is 12. The predicted octanol–water partition coefficient (Wildman–Crippen LogP) is 1.54. The van der Waals surface area contributed by atoms with Gasteiger partial charge in [0.25, 0.3) is 5.91 Å². The van der Waals surface area contributed by atoms with Gasteiger partial charge in [-0.2, -0.15) is 0 Å². The number of hydrogen-bond donors (Lipinski definition) is 5. The molecule has 6 N–H and O–H groups in total. The van der Waals surface area contributed by atoms with Gasteiger partial charge in [-0.3, -0.25) is 19.2 Å². The van der Waals surface area contributed by atoms with Crippen molar-refractivity contribution in [1.82, 2.24) is 20.9 Å². The summed E-state index contributed by atoms with van der Waals surface area (Å²) in [5.41, 5.74) is 6.28. The largest absolute Gasteiger partial charge is 0.445 e. The molecule has 1 aliphatic rings. The number of hydrogen-bond acceptors (Lipinski definition) is 7. The maximum absolute atomic E-state index is 13.7. The van der Waals surface area contributed by atoms with Gasteiger partial charge < -0.3 is 36.4 Å². The third-order valence-electron chi connectivity index (χ3n) is 7.07. The highest BCUT2D eigenvalue weighted by Crippen LogP contribution is 2.21. The Morgan fingerprint density at radius 2 is 1.57 bits per heavy atom. The van der Waals surface area contributed by atoms with Gasteiger partial charge in [-0.25, -0.2) is 4.79 Å². The lowest BCUT2D eigenvalue weighted by molar-refractivity contribution is -0.151. The van der Waals surface area contributed by atoms with Crippen molar-refractivity contribution in [2.45, 2.75) is 89.3 Å². The highest BCUT2D eigenvalue weighted by Gasteiger charge is 2.39. The van der Waals surface area contributed by atoms with Crippen molar-refractivity contribution in [2.24, 2.45) is 5.73 Å². The number of piperidine rings is 1. The molecule has 0 aliphatic carbocycles. The predicted molar refractivity (Wildman–Crippen MR) is 163 cm³/mol. The lowest BCUT2D eigenvalue weighted by Crippen LogP contribution is -2.61. The lowest BCUT2D eigenvalue weighted by atomic mass is 9.95. The van der Waals surface area contributed by atoms with Crippen LogP contribution in [0, 0.1) is 0 Å². The maximum Gasteiger partial charge on any atom is 0.408 e. The molecular weight excluding hydrogens is 566 g/mol. The third kappa shape index (κ3) is 10.7. The number of benzene rings is 2. The Balaban J connectivity index is 1.78. The standard InChI is InChI=1S/C32H43N5O7/c1-32(2,3)36-29(41)25-16-10-11-17-37(25)30(42)27(39)23(18-21-12-6-4-7-13-21)34-28(40)24(19-26(33)38)35-31(43)44-20-22-14-8-5-9-15-22/h4-9,12-15,23-25,27,39H,10-11,16-20H2,1-3H3,(H2,33,38)(H,34,40)(H,35,43)(H,36,41)/t23-,24-,25?,27-/m0/s1. The molecule has 1 heterocycles. The van der Waals surface area contributed by atoms with Crippen molar-refractivity contribution in [3.63, 3.8) is 0 Å². The average Bonchev–Trinajstić information content (AvgIpc) is 2.98. The van der Waals surface area contributed by atoms with Crippen molar-refractivity contribution in [3.8, 4) is 0 Å². The number of nitrogens with two attached hydrogens (primary N) is 1. The van der Waals surface area contributed by atoms with Crippen LogP contribution in [-0.4, -0.2) is 76.0 Å². The van der Waals surface area contributed by atoms with E-state index in [0.717, 1.165) is 12.0 Å². The molecule has 1 saturated heterocycles. The van der Waals surface area contributed by atoms with Crippen LogP contribution in [0.2, 0.25) is 0 Å². The van der Waals surface area contributed by atoms with Crippen LogP contribution in [0.3, 0.4) is 0 Å². The third-order valence-corrected chi connectivity index (χ3v) is 7.07. The topological polar surface area (TPSA) is 180 Å². The number of alkyl carbamates (subject to hydrolysis) is 1. The van der Waals surface area contributed by atoms with Crippen LogP contribution in [-0.2, 0) is 36.9 Å². The van der Waals surface area contributed by atoms with E-state index in [-0.39, 0.29) is 25.5 Å². The summed E-state index contributed by atoms with van der Waals surface area (Å²) in [7, 11) is 0. The zero-order valence-electron chi connectivity index (χ0n) is 25.5. The van der Waals surface area contributed by atoms with E-state index in [4.69, 9.17) is 10.5 Å². The van der Waals surface area contributed by atoms with Crippen LogP contribution in [0.25, 0.3) is 0 Å². The summed E-state index contributed by atoms with van der Waals surface area (Å²) in [5.74, 6) is -2.72. The summed E-state index contributed by atoms with van der Waals surface area (Å²) in [5, 5.41) is 19.3. The van der Waals surface area contributed by atoms with Crippen LogP contribution in [0.5, 0.6) is 0 Å². The molecule has 0 aromatic heterocycles. The maximum atomic E-state index is 13.7. The van der Waals surface area contributed by atoms with E-state index in [1.165, 1.54) is 4.90 Å². The first-order chi connectivity index (χ1) is 20.8. The zero-order chi connectivity index (χ0) is 32.3. The van der Waals surface area contributed by atoms with E-state index in [2.05, 4.69) is 16.0 Å². The SMILES string of the molecule is CC(C)(C)NC(=O)C1CCCCN1C(=O)[C@@H](O)[C@H](Cc1ccccc1)NC(=O)[C@H](CC(N)=O)NC(=O)OCc1ccccc1. The molecule has 12 heteroatoms. The number of nitrogens with one attached hydrogen (secondary N) is 3. The second kappa shape index (κ2) is 15.9. The molecule has 0 saturated carbocycles. The summed E-state index contributed by atoms with van der Waals surface area (Å²) < 4.78 is 5.19. The highest BCUT2D eigenvalue weighted by molar-refractivity contribution is 5.92. The van der Waals surface area contributed by atoms with Crippen LogP contribution in [0.4, 0.5) is 4.79 Å². The van der Waals surface area contributed by atoms with Crippen molar-refractivity contribution < 1.29 is 33.8 Å². The fraction of sp³-hybridized carbons (Fsp3) is 0.469. The number of primary amides is 1. The Kier molecular flexibility index (Phi) is 12.3. The molecule has 2 aromatic rings. The van der Waals surface area contributed by atoms with Gasteiger partial charge in [0.05, 0.1) is 12.5 Å². The molecule has 0 radical (unpaired) electrons. The van der Waals surface area contributed by atoms with Crippen molar-refractivity contribution in [2.75, 3.05) is 6.54 Å². The highest BCUT2D eigenvalue weighted by atomic mass is 16.5. The monoisotopic (exact) mass is 609 g/mol. The van der Waals surface area contributed by atoms with Gasteiger partial charge in [-0.15, -0.1) is 0 Å². The molecule has 5 amide bonds. The van der Waals surface area contributed by atoms with E-state index >= 15 is 0 Å². The van der Waals surface area contributed by atoms with Gasteiger partial charge in [-0.05, 0) is 57.6 Å². The van der Waals surface area contributed by atoms with Crippen molar-refractivity contribution in [1.29, 1.82) is 0 Å². The molecule has 0 bridgehead atoms. The number of aliphatic hydroxyl groups excluding tert-OH is 1. The summed E-state index contributed by atoms with van der Waals surface area (Å²) in [4.78, 5) is 65.9. The van der Waals surface area contributed by atoms with Gasteiger partial charge in [0.1, 0.15) is 18.7 Å². The Morgan fingerprint density at radius 1 is 0.955 bits per heavy atom. The normalized spacial score (nSPS) is 17.0. The summed E-state index contributed by atoms with van der Waals surface area (Å²) >= 11 is 0. The van der Waals surface area contributed by atoms with E-state index in [1.54, 1.807) is 54.6 Å². The van der Waals surface area contributed by atoms with Crippen LogP contribution < -0.4 is 21.7 Å². The molecule has 4 atom stereocenters. The minimum Gasteiger partial charge on any atom is -0.445 e. The number of aliphatic hydroxyl groups is 1. The van der Waals surface area contributed by atoms with Gasteiger partial charge in [0.15, 0.2) is 6.10 Å². The number of nitrogens with zero attached hydrogens (tertiary/aromatic N) is 1. The lowest BCUT2D eigenvalue weighted by Gasteiger charge is -2.38. The van der Waals surface area contributed by atoms with Gasteiger partial charge in [0, 0.05) is 12.1 Å². The fourth-order valence-electron chi connectivity index (χ4n) is 4.97. The first-order valence-electron chi connectivity index (χ1n) is 14.7. The van der Waals surface area contributed by atoms with E-state index in [1.807, 2.05) is 26.8 Å². The van der Waals surface area contributed by atoms with Crippen molar-refractivity contribution in [3.05, 3.63) is 71.8 Å². The zero-order valence-corrected chi connectivity index (χ0v) is 25.5. The van der Waals surface area contributed by atoms with Crippen LogP contribution in [0.1, 0.15) is 57.6 Å². The fourth-order valence-corrected chi connectivity index (χ4v) is 4.97. The van der Waals surface area contributed by atoms with Gasteiger partial charge in [0.2, 0.25) is 17.7 Å². The Labute approximate surface area is 257 Å². The molecule has 238 valence electrons. The second-order valence-corrected chi connectivity index (χ2v) is 12.0. The molecule has 2 aromatic carbocycles. The molecule has 44 heavy (non-hydrogen) atoms. The van der Waals surface area contributed by atoms with Gasteiger partial charge >= 0.3 is 6.09 Å². The number of ether oxygens (including phenoxy) is 1. The Bertz CT molecular complexity index is 1280.